The smallest absolute Gasteiger partial charge is 0.125 e. The molecule has 2 saturated heterocycles. The van der Waals surface area contributed by atoms with Crippen LogP contribution >= 0.6 is 0 Å². The third-order valence-corrected chi connectivity index (χ3v) is 2.82. The summed E-state index contributed by atoms with van der Waals surface area (Å²) in [5, 5.41) is 0. The maximum Gasteiger partial charge on any atom is 0.125 e. The Bertz CT molecular complexity index is 145. The fourth-order valence-corrected chi connectivity index (χ4v) is 1.75. The van der Waals surface area contributed by atoms with Crippen LogP contribution in [0.2, 0.25) is 0 Å². The van der Waals surface area contributed by atoms with Gasteiger partial charge in [0.15, 0.2) is 0 Å². The summed E-state index contributed by atoms with van der Waals surface area (Å²) in [5.74, 6) is 0. The minimum atomic E-state index is -0.541. The molecule has 64 valence electrons. The van der Waals surface area contributed by atoms with Gasteiger partial charge in [-0.1, -0.05) is 0 Å². The number of alkyl halides is 1. The number of likely N-dealkylation sites (tertiary alicyclic amines) is 2. The van der Waals surface area contributed by atoms with Crippen molar-refractivity contribution in [2.45, 2.75) is 18.6 Å². The summed E-state index contributed by atoms with van der Waals surface area (Å²) in [6.45, 7) is 3.64. The van der Waals surface area contributed by atoms with E-state index < -0.39 is 6.17 Å². The van der Waals surface area contributed by atoms with Crippen molar-refractivity contribution in [1.29, 1.82) is 0 Å². The van der Waals surface area contributed by atoms with Crippen LogP contribution in [0.25, 0.3) is 0 Å². The van der Waals surface area contributed by atoms with E-state index in [-0.39, 0.29) is 0 Å². The monoisotopic (exact) mass is 158 g/mol. The molecule has 0 aromatic heterocycles. The van der Waals surface area contributed by atoms with Crippen LogP contribution in [0.4, 0.5) is 4.39 Å². The summed E-state index contributed by atoms with van der Waals surface area (Å²) >= 11 is 0. The van der Waals surface area contributed by atoms with Crippen LogP contribution < -0.4 is 0 Å². The highest BCUT2D eigenvalue weighted by atomic mass is 19.1. The third-order valence-electron chi connectivity index (χ3n) is 2.82. The molecule has 0 radical (unpaired) electrons. The van der Waals surface area contributed by atoms with Gasteiger partial charge >= 0.3 is 0 Å². The SMILES string of the molecule is CN1CCC1CN1CC(F)C1. The normalized spacial score (nSPS) is 34.9. The Morgan fingerprint density at radius 1 is 1.45 bits per heavy atom. The fraction of sp³-hybridized carbons (Fsp3) is 1.00. The van der Waals surface area contributed by atoms with Gasteiger partial charge in [0.1, 0.15) is 6.17 Å². The molecule has 2 nitrogen and oxygen atoms in total. The van der Waals surface area contributed by atoms with Crippen LogP contribution in [0.15, 0.2) is 0 Å². The van der Waals surface area contributed by atoms with Crippen LogP contribution in [0.1, 0.15) is 6.42 Å². The van der Waals surface area contributed by atoms with E-state index >= 15 is 0 Å². The molecule has 0 N–H and O–H groups in total. The number of hydrogen-bond acceptors (Lipinski definition) is 2. The van der Waals surface area contributed by atoms with Crippen LogP contribution in [-0.4, -0.2) is 55.2 Å². The van der Waals surface area contributed by atoms with Gasteiger partial charge in [0.2, 0.25) is 0 Å². The van der Waals surface area contributed by atoms with Crippen molar-refractivity contribution in [3.63, 3.8) is 0 Å². The van der Waals surface area contributed by atoms with Crippen LogP contribution in [0.3, 0.4) is 0 Å². The van der Waals surface area contributed by atoms with Gasteiger partial charge in [-0.05, 0) is 20.0 Å². The van der Waals surface area contributed by atoms with Crippen molar-refractivity contribution in [3.8, 4) is 0 Å². The Morgan fingerprint density at radius 2 is 2.18 bits per heavy atom. The van der Waals surface area contributed by atoms with Crippen molar-refractivity contribution >= 4 is 0 Å². The molecule has 0 amide bonds. The molecule has 3 heteroatoms. The molecule has 1 atom stereocenters. The topological polar surface area (TPSA) is 6.48 Å². The lowest BCUT2D eigenvalue weighted by Gasteiger charge is -2.44. The van der Waals surface area contributed by atoms with E-state index in [0.29, 0.717) is 19.1 Å². The number of halogens is 1. The molecule has 2 aliphatic heterocycles. The molecular formula is C8H15FN2. The second-order valence-electron chi connectivity index (χ2n) is 3.74. The molecule has 11 heavy (non-hydrogen) atoms. The van der Waals surface area contributed by atoms with Crippen molar-refractivity contribution in [3.05, 3.63) is 0 Å². The lowest BCUT2D eigenvalue weighted by atomic mass is 10.0. The zero-order chi connectivity index (χ0) is 7.84. The van der Waals surface area contributed by atoms with Gasteiger partial charge in [0.05, 0.1) is 0 Å². The Balaban J connectivity index is 1.67. The van der Waals surface area contributed by atoms with Crippen molar-refractivity contribution < 1.29 is 4.39 Å². The van der Waals surface area contributed by atoms with E-state index in [9.17, 15) is 4.39 Å². The molecule has 2 heterocycles. The highest BCUT2D eigenvalue weighted by Crippen LogP contribution is 2.19. The molecule has 0 aromatic carbocycles. The van der Waals surface area contributed by atoms with Gasteiger partial charge in [0.25, 0.3) is 0 Å². The van der Waals surface area contributed by atoms with Crippen LogP contribution in [-0.2, 0) is 0 Å². The first kappa shape index (κ1) is 7.50. The summed E-state index contributed by atoms with van der Waals surface area (Å²) in [6, 6.07) is 0.711. The second kappa shape index (κ2) is 2.72. The van der Waals surface area contributed by atoms with E-state index in [1.54, 1.807) is 0 Å². The number of rotatable bonds is 2. The van der Waals surface area contributed by atoms with Gasteiger partial charge in [-0.2, -0.15) is 0 Å². The summed E-state index contributed by atoms with van der Waals surface area (Å²) < 4.78 is 12.4. The van der Waals surface area contributed by atoms with Gasteiger partial charge in [-0.25, -0.2) is 4.39 Å². The molecule has 2 aliphatic rings. The highest BCUT2D eigenvalue weighted by Gasteiger charge is 2.32. The number of hydrogen-bond donors (Lipinski definition) is 0. The molecule has 2 rings (SSSR count). The molecule has 0 aromatic rings. The second-order valence-corrected chi connectivity index (χ2v) is 3.74. The minimum Gasteiger partial charge on any atom is -0.302 e. The number of likely N-dealkylation sites (N-methyl/N-ethyl adjacent to an activating group) is 1. The molecule has 2 fully saturated rings. The highest BCUT2D eigenvalue weighted by molar-refractivity contribution is 4.88. The predicted octanol–water partition coefficient (Wildman–Crippen LogP) is 0.344. The predicted molar refractivity (Wildman–Crippen MR) is 42.4 cm³/mol. The zero-order valence-electron chi connectivity index (χ0n) is 6.96. The maximum absolute atomic E-state index is 12.4. The first-order valence-corrected chi connectivity index (χ1v) is 4.32. The standard InChI is InChI=1S/C8H15FN2/c1-10-3-2-8(10)6-11-4-7(9)5-11/h7-8H,2-6H2,1H3. The Kier molecular flexibility index (Phi) is 1.85. The van der Waals surface area contributed by atoms with Crippen LogP contribution in [0, 0.1) is 0 Å². The van der Waals surface area contributed by atoms with E-state index in [0.717, 1.165) is 6.54 Å². The summed E-state index contributed by atoms with van der Waals surface area (Å²) in [5.41, 5.74) is 0. The Labute approximate surface area is 67.0 Å². The average molecular weight is 158 g/mol. The van der Waals surface area contributed by atoms with Crippen molar-refractivity contribution in [2.75, 3.05) is 33.2 Å². The van der Waals surface area contributed by atoms with Crippen LogP contribution in [0.5, 0.6) is 0 Å². The number of nitrogens with zero attached hydrogens (tertiary/aromatic N) is 2. The fourth-order valence-electron chi connectivity index (χ4n) is 1.75. The quantitative estimate of drug-likeness (QED) is 0.572. The van der Waals surface area contributed by atoms with E-state index in [4.69, 9.17) is 0 Å². The average Bonchev–Trinajstić information content (AvgIpc) is 1.92. The molecule has 0 spiro atoms. The molecule has 0 bridgehead atoms. The molecule has 0 aliphatic carbocycles. The van der Waals surface area contributed by atoms with Gasteiger partial charge in [0, 0.05) is 25.7 Å². The first-order chi connectivity index (χ1) is 5.25. The summed E-state index contributed by atoms with van der Waals surface area (Å²) in [4.78, 5) is 4.54. The van der Waals surface area contributed by atoms with Gasteiger partial charge in [-0.3, -0.25) is 4.90 Å². The first-order valence-electron chi connectivity index (χ1n) is 4.32. The van der Waals surface area contributed by atoms with Gasteiger partial charge in [-0.15, -0.1) is 0 Å². The Hall–Kier alpha value is -0.150. The maximum atomic E-state index is 12.4. The lowest BCUT2D eigenvalue weighted by Crippen LogP contribution is -2.57. The van der Waals surface area contributed by atoms with Crippen molar-refractivity contribution in [1.82, 2.24) is 9.80 Å². The van der Waals surface area contributed by atoms with E-state index in [1.807, 2.05) is 0 Å². The summed E-state index contributed by atoms with van der Waals surface area (Å²) in [6.07, 6.45) is 0.754. The van der Waals surface area contributed by atoms with Crippen molar-refractivity contribution in [2.24, 2.45) is 0 Å². The van der Waals surface area contributed by atoms with E-state index in [1.165, 1.54) is 13.0 Å². The minimum absolute atomic E-state index is 0.541. The molecule has 1 unspecified atom stereocenters. The largest absolute Gasteiger partial charge is 0.302 e. The summed E-state index contributed by atoms with van der Waals surface area (Å²) in [7, 11) is 2.14. The molecular weight excluding hydrogens is 143 g/mol. The third kappa shape index (κ3) is 1.40. The van der Waals surface area contributed by atoms with E-state index in [2.05, 4.69) is 16.8 Å². The van der Waals surface area contributed by atoms with Gasteiger partial charge < -0.3 is 4.90 Å². The zero-order valence-corrected chi connectivity index (χ0v) is 6.96. The molecule has 0 saturated carbocycles. The lowest BCUT2D eigenvalue weighted by molar-refractivity contribution is 0.0132. The Morgan fingerprint density at radius 3 is 2.55 bits per heavy atom.